The number of carbonyl (C=O) groups excluding carboxylic acids is 1. The molecule has 0 bridgehead atoms. The molecular weight excluding hydrogens is 398 g/mol. The highest BCUT2D eigenvalue weighted by Gasteiger charge is 2.27. The van der Waals surface area contributed by atoms with E-state index in [1.54, 1.807) is 10.7 Å². The smallest absolute Gasteiger partial charge is 0.272 e. The Kier molecular flexibility index (Phi) is 6.42. The highest BCUT2D eigenvalue weighted by Crippen LogP contribution is 2.29. The van der Waals surface area contributed by atoms with Gasteiger partial charge in [0.05, 0.1) is 10.6 Å². The molecule has 0 unspecified atom stereocenters. The molecule has 0 spiro atoms. The van der Waals surface area contributed by atoms with Crippen LogP contribution in [0.1, 0.15) is 68.2 Å². The Morgan fingerprint density at radius 3 is 2.47 bits per heavy atom. The van der Waals surface area contributed by atoms with E-state index in [0.29, 0.717) is 22.3 Å². The minimum absolute atomic E-state index is 0.0583. The zero-order valence-corrected chi connectivity index (χ0v) is 19.1. The Morgan fingerprint density at radius 2 is 1.93 bits per heavy atom. The van der Waals surface area contributed by atoms with Crippen molar-refractivity contribution in [3.8, 4) is 6.07 Å². The summed E-state index contributed by atoms with van der Waals surface area (Å²) in [5.74, 6) is -0.100. The van der Waals surface area contributed by atoms with Gasteiger partial charge in [0.25, 0.3) is 5.91 Å². The SMILES string of the molecule is CN(c1ccc(C#N)c(Cl)c1)C1CCC(NC(=O)c2cc(C(C)(C)C)n(C)n2)CC1. The van der Waals surface area contributed by atoms with Crippen LogP contribution in [0.2, 0.25) is 5.02 Å². The predicted octanol–water partition coefficient (Wildman–Crippen LogP) is 4.42. The van der Waals surface area contributed by atoms with E-state index in [-0.39, 0.29) is 17.4 Å². The van der Waals surface area contributed by atoms with Crippen LogP contribution in [0.3, 0.4) is 0 Å². The van der Waals surface area contributed by atoms with Gasteiger partial charge >= 0.3 is 0 Å². The van der Waals surface area contributed by atoms with Crippen molar-refractivity contribution in [3.05, 3.63) is 46.2 Å². The van der Waals surface area contributed by atoms with Crippen molar-refractivity contribution in [2.45, 2.75) is 64.0 Å². The highest BCUT2D eigenvalue weighted by molar-refractivity contribution is 6.32. The number of hydrogen-bond donors (Lipinski definition) is 1. The van der Waals surface area contributed by atoms with E-state index in [1.165, 1.54) is 0 Å². The second kappa shape index (κ2) is 8.69. The molecule has 1 N–H and O–H groups in total. The van der Waals surface area contributed by atoms with E-state index in [0.717, 1.165) is 37.1 Å². The van der Waals surface area contributed by atoms with Crippen molar-refractivity contribution < 1.29 is 4.79 Å². The molecule has 0 radical (unpaired) electrons. The number of aromatic nitrogens is 2. The Balaban J connectivity index is 1.57. The average Bonchev–Trinajstić information content (AvgIpc) is 3.10. The van der Waals surface area contributed by atoms with E-state index in [4.69, 9.17) is 16.9 Å². The highest BCUT2D eigenvalue weighted by atomic mass is 35.5. The zero-order chi connectivity index (χ0) is 22.1. The van der Waals surface area contributed by atoms with Crippen LogP contribution < -0.4 is 10.2 Å². The molecule has 1 heterocycles. The van der Waals surface area contributed by atoms with E-state index < -0.39 is 0 Å². The van der Waals surface area contributed by atoms with Crippen molar-refractivity contribution in [1.82, 2.24) is 15.1 Å². The van der Waals surface area contributed by atoms with Crippen LogP contribution in [-0.2, 0) is 12.5 Å². The number of carbonyl (C=O) groups is 1. The van der Waals surface area contributed by atoms with Gasteiger partial charge in [-0.1, -0.05) is 32.4 Å². The molecule has 7 heteroatoms. The Bertz CT molecular complexity index is 961. The van der Waals surface area contributed by atoms with Gasteiger partial charge in [-0.05, 0) is 49.9 Å². The minimum atomic E-state index is -0.100. The predicted molar refractivity (Wildman–Crippen MR) is 120 cm³/mol. The largest absolute Gasteiger partial charge is 0.372 e. The van der Waals surface area contributed by atoms with Crippen molar-refractivity contribution in [1.29, 1.82) is 5.26 Å². The quantitative estimate of drug-likeness (QED) is 0.783. The first-order valence-electron chi connectivity index (χ1n) is 10.4. The number of hydrogen-bond acceptors (Lipinski definition) is 4. The summed E-state index contributed by atoms with van der Waals surface area (Å²) in [6.07, 6.45) is 3.80. The van der Waals surface area contributed by atoms with Crippen LogP contribution in [0.15, 0.2) is 24.3 Å². The molecule has 1 aromatic carbocycles. The fourth-order valence-electron chi connectivity index (χ4n) is 4.17. The number of nitriles is 1. The molecule has 160 valence electrons. The van der Waals surface area contributed by atoms with Crippen LogP contribution in [0, 0.1) is 11.3 Å². The number of aryl methyl sites for hydroxylation is 1. The number of nitrogens with zero attached hydrogens (tertiary/aromatic N) is 4. The summed E-state index contributed by atoms with van der Waals surface area (Å²) in [4.78, 5) is 14.9. The second-order valence-electron chi connectivity index (χ2n) is 9.15. The summed E-state index contributed by atoms with van der Waals surface area (Å²) < 4.78 is 1.80. The molecule has 2 aromatic rings. The van der Waals surface area contributed by atoms with Crippen molar-refractivity contribution in [2.75, 3.05) is 11.9 Å². The fourth-order valence-corrected chi connectivity index (χ4v) is 4.39. The topological polar surface area (TPSA) is 74.0 Å². The van der Waals surface area contributed by atoms with Crippen molar-refractivity contribution >= 4 is 23.2 Å². The van der Waals surface area contributed by atoms with E-state index in [9.17, 15) is 4.79 Å². The number of halogens is 1. The Labute approximate surface area is 183 Å². The summed E-state index contributed by atoms with van der Waals surface area (Å²) in [5, 5.41) is 17.1. The molecule has 1 fully saturated rings. The summed E-state index contributed by atoms with van der Waals surface area (Å²) in [7, 11) is 3.94. The van der Waals surface area contributed by atoms with Crippen LogP contribution in [0.25, 0.3) is 0 Å². The maximum absolute atomic E-state index is 12.7. The van der Waals surface area contributed by atoms with Gasteiger partial charge in [0.1, 0.15) is 11.8 Å². The third-order valence-corrected chi connectivity index (χ3v) is 6.25. The first-order valence-corrected chi connectivity index (χ1v) is 10.8. The van der Waals surface area contributed by atoms with Gasteiger partial charge in [0, 0.05) is 43.0 Å². The van der Waals surface area contributed by atoms with Gasteiger partial charge in [0.15, 0.2) is 0 Å². The normalized spacial score (nSPS) is 19.2. The lowest BCUT2D eigenvalue weighted by molar-refractivity contribution is 0.0920. The van der Waals surface area contributed by atoms with Crippen LogP contribution in [0.4, 0.5) is 5.69 Å². The van der Waals surface area contributed by atoms with Crippen molar-refractivity contribution in [3.63, 3.8) is 0 Å². The van der Waals surface area contributed by atoms with Gasteiger partial charge < -0.3 is 10.2 Å². The number of nitrogens with one attached hydrogen (secondary N) is 1. The van der Waals surface area contributed by atoms with Crippen LogP contribution in [0.5, 0.6) is 0 Å². The summed E-state index contributed by atoms with van der Waals surface area (Å²) in [6.45, 7) is 6.35. The van der Waals surface area contributed by atoms with Gasteiger partial charge in [-0.2, -0.15) is 10.4 Å². The lowest BCUT2D eigenvalue weighted by Gasteiger charge is -2.36. The molecule has 6 nitrogen and oxygen atoms in total. The van der Waals surface area contributed by atoms with Gasteiger partial charge in [-0.25, -0.2) is 0 Å². The third-order valence-electron chi connectivity index (χ3n) is 5.94. The lowest BCUT2D eigenvalue weighted by Crippen LogP contribution is -2.43. The lowest BCUT2D eigenvalue weighted by atomic mass is 9.89. The summed E-state index contributed by atoms with van der Waals surface area (Å²) in [5.41, 5.74) is 2.96. The van der Waals surface area contributed by atoms with E-state index >= 15 is 0 Å². The molecule has 1 aliphatic rings. The number of benzene rings is 1. The molecule has 0 saturated heterocycles. The Morgan fingerprint density at radius 1 is 1.27 bits per heavy atom. The second-order valence-corrected chi connectivity index (χ2v) is 9.56. The standard InChI is InChI=1S/C23H30ClN5O/c1-23(2,3)21-13-20(27-29(21)5)22(30)26-16-7-10-17(11-8-16)28(4)18-9-6-15(14-25)19(24)12-18/h6,9,12-13,16-17H,7-8,10-11H2,1-5H3,(H,26,30). The van der Waals surface area contributed by atoms with E-state index in [1.807, 2.05) is 25.2 Å². The molecular formula is C23H30ClN5O. The maximum atomic E-state index is 12.7. The number of anilines is 1. The molecule has 1 aliphatic carbocycles. The molecule has 3 rings (SSSR count). The molecule has 30 heavy (non-hydrogen) atoms. The monoisotopic (exact) mass is 427 g/mol. The first-order chi connectivity index (χ1) is 14.1. The summed E-state index contributed by atoms with van der Waals surface area (Å²) >= 11 is 6.19. The molecule has 1 saturated carbocycles. The summed E-state index contributed by atoms with van der Waals surface area (Å²) in [6, 6.07) is 10.1. The van der Waals surface area contributed by atoms with Gasteiger partial charge in [0.2, 0.25) is 0 Å². The van der Waals surface area contributed by atoms with Gasteiger partial charge in [-0.3, -0.25) is 9.48 Å². The van der Waals surface area contributed by atoms with Crippen LogP contribution >= 0.6 is 11.6 Å². The third kappa shape index (κ3) is 4.79. The molecule has 0 atom stereocenters. The van der Waals surface area contributed by atoms with Crippen LogP contribution in [-0.4, -0.2) is 34.8 Å². The molecule has 1 aromatic heterocycles. The van der Waals surface area contributed by atoms with E-state index in [2.05, 4.69) is 49.2 Å². The van der Waals surface area contributed by atoms with Crippen molar-refractivity contribution in [2.24, 2.45) is 7.05 Å². The number of rotatable bonds is 4. The fraction of sp³-hybridized carbons (Fsp3) is 0.522. The first kappa shape index (κ1) is 22.2. The van der Waals surface area contributed by atoms with Gasteiger partial charge in [-0.15, -0.1) is 0 Å². The molecule has 0 aliphatic heterocycles. The maximum Gasteiger partial charge on any atom is 0.272 e. The Hall–Kier alpha value is -2.52. The minimum Gasteiger partial charge on any atom is -0.372 e. The number of amides is 1. The zero-order valence-electron chi connectivity index (χ0n) is 18.4. The molecule has 1 amide bonds. The average molecular weight is 428 g/mol.